The molecule has 0 spiro atoms. The smallest absolute Gasteiger partial charge is 0.414 e. The first-order chi connectivity index (χ1) is 22.2. The molecule has 2 heterocycles. The van der Waals surface area contributed by atoms with Crippen LogP contribution in [0.15, 0.2) is 87.2 Å². The van der Waals surface area contributed by atoms with Gasteiger partial charge in [0.15, 0.2) is 0 Å². The Morgan fingerprint density at radius 2 is 1.87 bits per heavy atom. The maximum absolute atomic E-state index is 12.8. The largest absolute Gasteiger partial charge is 0.447 e. The van der Waals surface area contributed by atoms with E-state index in [9.17, 15) is 10.1 Å². The number of ether oxygens (including phenoxy) is 1. The Bertz CT molecular complexity index is 1410. The van der Waals surface area contributed by atoms with Crippen LogP contribution in [-0.4, -0.2) is 53.4 Å². The number of nitriles is 1. The molecular weight excluding hydrogens is 605 g/mol. The fourth-order valence-corrected chi connectivity index (χ4v) is 6.29. The highest BCUT2D eigenvalue weighted by Gasteiger charge is 2.28. The lowest BCUT2D eigenvalue weighted by Gasteiger charge is -2.24. The standard InChI is InChI=1S/C38H56N6O2S/c1-11-27(5)19-28(6)20-29(7)21-34(33(12-2)35(40)47-25-38(9,10)24-39)30(8)22-42-36(43-37(45)46-26(3)4)44-18-15-32(23-44)31-13-16-41-17-14-31/h13-14,16-17,19-21,26,30,32H,5,11-12,15,18,22-23,25,40H2,1-4,6-10H3,(H,42,43,45)/b28-19-,29-20+,34-21+,35-33+/t30-,32?/m1/s1. The molecule has 1 fully saturated rings. The van der Waals surface area contributed by atoms with Gasteiger partial charge in [0.25, 0.3) is 0 Å². The van der Waals surface area contributed by atoms with E-state index in [1.54, 1.807) is 0 Å². The lowest BCUT2D eigenvalue weighted by Crippen LogP contribution is -2.44. The first kappa shape index (κ1) is 39.4. The summed E-state index contributed by atoms with van der Waals surface area (Å²) in [5.74, 6) is 1.40. The van der Waals surface area contributed by atoms with E-state index in [0.29, 0.717) is 24.2 Å². The number of carbonyl (C=O) groups excluding carboxylic acids is 1. The Hall–Kier alpha value is -3.77. The van der Waals surface area contributed by atoms with Crippen molar-refractivity contribution in [3.05, 3.63) is 87.8 Å². The number of hydrogen-bond acceptors (Lipinski definition) is 7. The molecule has 1 aromatic rings. The van der Waals surface area contributed by atoms with E-state index < -0.39 is 11.5 Å². The molecule has 1 saturated heterocycles. The number of allylic oxidation sites excluding steroid dienone is 7. The second-order valence-electron chi connectivity index (χ2n) is 13.2. The molecule has 1 aliphatic heterocycles. The summed E-state index contributed by atoms with van der Waals surface area (Å²) in [4.78, 5) is 24.1. The summed E-state index contributed by atoms with van der Waals surface area (Å²) in [7, 11) is 0. The second-order valence-corrected chi connectivity index (χ2v) is 14.2. The van der Waals surface area contributed by atoms with Gasteiger partial charge >= 0.3 is 6.09 Å². The summed E-state index contributed by atoms with van der Waals surface area (Å²) < 4.78 is 5.44. The Labute approximate surface area is 288 Å². The monoisotopic (exact) mass is 660 g/mol. The molecule has 2 rings (SSSR count). The fourth-order valence-electron chi connectivity index (χ4n) is 5.27. The molecule has 0 aliphatic carbocycles. The zero-order valence-electron chi connectivity index (χ0n) is 30.0. The van der Waals surface area contributed by atoms with E-state index in [4.69, 9.17) is 15.5 Å². The lowest BCUT2D eigenvalue weighted by atomic mass is 9.90. The molecule has 9 heteroatoms. The van der Waals surface area contributed by atoms with Gasteiger partial charge in [0, 0.05) is 49.6 Å². The minimum absolute atomic E-state index is 0.0252. The van der Waals surface area contributed by atoms with Crippen molar-refractivity contribution in [2.24, 2.45) is 22.1 Å². The Kier molecular flexibility index (Phi) is 16.1. The highest BCUT2D eigenvalue weighted by Crippen LogP contribution is 2.33. The molecule has 3 N–H and O–H groups in total. The number of pyridine rings is 1. The summed E-state index contributed by atoms with van der Waals surface area (Å²) in [6, 6.07) is 6.47. The van der Waals surface area contributed by atoms with Gasteiger partial charge in [0.1, 0.15) is 0 Å². The number of aromatic nitrogens is 1. The molecule has 1 aromatic heterocycles. The number of alkyl carbamates (subject to hydrolysis) is 1. The topological polar surface area (TPSA) is 117 Å². The van der Waals surface area contributed by atoms with Crippen molar-refractivity contribution in [1.82, 2.24) is 15.2 Å². The number of aliphatic imine (C=N–C) groups is 1. The fraction of sp³-hybridized carbons (Fsp3) is 0.526. The average Bonchev–Trinajstić information content (AvgIpc) is 3.52. The number of nitrogens with two attached hydrogens (primary N) is 1. The highest BCUT2D eigenvalue weighted by atomic mass is 32.2. The van der Waals surface area contributed by atoms with E-state index in [2.05, 4.69) is 80.7 Å². The number of thioether (sulfide) groups is 1. The molecule has 2 atom stereocenters. The third-order valence-electron chi connectivity index (χ3n) is 7.88. The van der Waals surface area contributed by atoms with E-state index in [-0.39, 0.29) is 12.0 Å². The molecule has 0 saturated carbocycles. The van der Waals surface area contributed by atoms with Crippen molar-refractivity contribution in [2.75, 3.05) is 25.4 Å². The summed E-state index contributed by atoms with van der Waals surface area (Å²) in [6.45, 7) is 24.1. The predicted octanol–water partition coefficient (Wildman–Crippen LogP) is 8.65. The van der Waals surface area contributed by atoms with Crippen LogP contribution in [0, 0.1) is 22.7 Å². The SMILES string of the molecule is C=C(\C=C(C)/C=C(C)/C=C(/C(CC)=C(\N)SCC(C)(C)C#N)[C@H](C)CN=C(NC(=O)OC(C)C)N1CCC(c2ccncc2)C1)CC. The summed E-state index contributed by atoms with van der Waals surface area (Å²) in [6.07, 6.45) is 11.9. The van der Waals surface area contributed by atoms with Gasteiger partial charge in [0.2, 0.25) is 5.96 Å². The van der Waals surface area contributed by atoms with Crippen LogP contribution in [0.25, 0.3) is 0 Å². The predicted molar refractivity (Wildman–Crippen MR) is 198 cm³/mol. The van der Waals surface area contributed by atoms with Gasteiger partial charge in [-0.15, -0.1) is 11.8 Å². The van der Waals surface area contributed by atoms with Gasteiger partial charge in [0.05, 0.1) is 22.6 Å². The number of nitrogens with zero attached hydrogens (tertiary/aromatic N) is 4. The van der Waals surface area contributed by atoms with Crippen molar-refractivity contribution in [2.45, 2.75) is 93.6 Å². The van der Waals surface area contributed by atoms with Gasteiger partial charge < -0.3 is 15.4 Å². The first-order valence-electron chi connectivity index (χ1n) is 16.6. The molecule has 0 bridgehead atoms. The number of likely N-dealkylation sites (tertiary alicyclic amines) is 1. The van der Waals surface area contributed by atoms with Crippen LogP contribution < -0.4 is 11.1 Å². The normalized spacial score (nSPS) is 17.7. The van der Waals surface area contributed by atoms with Gasteiger partial charge in [-0.2, -0.15) is 5.26 Å². The minimum atomic E-state index is -0.515. The maximum atomic E-state index is 12.8. The van der Waals surface area contributed by atoms with Crippen LogP contribution >= 0.6 is 11.8 Å². The van der Waals surface area contributed by atoms with E-state index in [1.807, 2.05) is 52.2 Å². The quantitative estimate of drug-likeness (QED) is 0.117. The summed E-state index contributed by atoms with van der Waals surface area (Å²) >= 11 is 1.53. The number of amides is 1. The number of guanidine groups is 1. The van der Waals surface area contributed by atoms with Gasteiger partial charge in [-0.05, 0) is 89.6 Å². The lowest BCUT2D eigenvalue weighted by molar-refractivity contribution is 0.119. The minimum Gasteiger partial charge on any atom is -0.447 e. The third kappa shape index (κ3) is 13.5. The molecular formula is C38H56N6O2S. The van der Waals surface area contributed by atoms with Crippen molar-refractivity contribution >= 4 is 23.8 Å². The van der Waals surface area contributed by atoms with E-state index in [0.717, 1.165) is 65.2 Å². The molecule has 1 aliphatic rings. The molecule has 8 nitrogen and oxygen atoms in total. The van der Waals surface area contributed by atoms with Crippen molar-refractivity contribution < 1.29 is 9.53 Å². The van der Waals surface area contributed by atoms with Crippen LogP contribution in [0.1, 0.15) is 93.1 Å². The molecule has 0 aromatic carbocycles. The number of hydrogen-bond donors (Lipinski definition) is 2. The second kappa shape index (κ2) is 19.1. The Morgan fingerprint density at radius 3 is 2.47 bits per heavy atom. The van der Waals surface area contributed by atoms with Crippen molar-refractivity contribution in [3.63, 3.8) is 0 Å². The first-order valence-corrected chi connectivity index (χ1v) is 17.6. The molecule has 1 amide bonds. The van der Waals surface area contributed by atoms with Crippen molar-refractivity contribution in [1.29, 1.82) is 5.26 Å². The zero-order chi connectivity index (χ0) is 35.1. The number of rotatable bonds is 14. The summed E-state index contributed by atoms with van der Waals surface area (Å²) in [5.41, 5.74) is 12.9. The number of carbonyl (C=O) groups is 1. The average molecular weight is 661 g/mol. The Morgan fingerprint density at radius 1 is 1.21 bits per heavy atom. The zero-order valence-corrected chi connectivity index (χ0v) is 30.8. The van der Waals surface area contributed by atoms with Crippen molar-refractivity contribution in [3.8, 4) is 6.07 Å². The maximum Gasteiger partial charge on any atom is 0.414 e. The molecule has 0 radical (unpaired) electrons. The molecule has 47 heavy (non-hydrogen) atoms. The molecule has 1 unspecified atom stereocenters. The number of nitrogens with one attached hydrogen (secondary N) is 1. The third-order valence-corrected chi connectivity index (χ3v) is 9.31. The summed E-state index contributed by atoms with van der Waals surface area (Å²) in [5, 5.41) is 13.2. The Balaban J connectivity index is 2.51. The van der Waals surface area contributed by atoms with E-state index in [1.165, 1.54) is 17.3 Å². The van der Waals surface area contributed by atoms with Crippen LogP contribution in [0.2, 0.25) is 0 Å². The highest BCUT2D eigenvalue weighted by molar-refractivity contribution is 8.03. The van der Waals surface area contributed by atoms with Gasteiger partial charge in [-0.25, -0.2) is 4.79 Å². The van der Waals surface area contributed by atoms with Crippen LogP contribution in [0.5, 0.6) is 0 Å². The van der Waals surface area contributed by atoms with Gasteiger partial charge in [-0.1, -0.05) is 62.3 Å². The van der Waals surface area contributed by atoms with Crippen LogP contribution in [-0.2, 0) is 4.74 Å². The van der Waals surface area contributed by atoms with Gasteiger partial charge in [-0.3, -0.25) is 15.3 Å². The van der Waals surface area contributed by atoms with Crippen LogP contribution in [0.3, 0.4) is 0 Å². The molecule has 256 valence electrons. The van der Waals surface area contributed by atoms with E-state index >= 15 is 0 Å². The van der Waals surface area contributed by atoms with Crippen LogP contribution in [0.4, 0.5) is 4.79 Å².